The summed E-state index contributed by atoms with van der Waals surface area (Å²) in [5.74, 6) is 1.02. The quantitative estimate of drug-likeness (QED) is 0.524. The molecular formula is C23H27N3O4S. The lowest BCUT2D eigenvalue weighted by atomic mass is 10.1. The van der Waals surface area contributed by atoms with Gasteiger partial charge in [-0.05, 0) is 43.0 Å². The van der Waals surface area contributed by atoms with Crippen molar-refractivity contribution < 1.29 is 17.7 Å². The Bertz CT molecular complexity index is 1090. The van der Waals surface area contributed by atoms with Crippen LogP contribution in [-0.2, 0) is 27.8 Å². The van der Waals surface area contributed by atoms with Crippen molar-refractivity contribution >= 4 is 10.0 Å². The average molecular weight is 442 g/mol. The lowest BCUT2D eigenvalue weighted by Crippen LogP contribution is -2.35. The highest BCUT2D eigenvalue weighted by Gasteiger charge is 2.25. The Morgan fingerprint density at radius 3 is 2.32 bits per heavy atom. The maximum atomic E-state index is 12.8. The topological polar surface area (TPSA) is 85.5 Å². The number of ether oxygens (including phenoxy) is 1. The second kappa shape index (κ2) is 9.72. The summed E-state index contributed by atoms with van der Waals surface area (Å²) in [5.41, 5.74) is 2.88. The number of benzene rings is 2. The molecule has 1 fully saturated rings. The lowest BCUT2D eigenvalue weighted by molar-refractivity contribution is 0.134. The van der Waals surface area contributed by atoms with Gasteiger partial charge >= 0.3 is 0 Å². The molecule has 2 aromatic carbocycles. The van der Waals surface area contributed by atoms with Gasteiger partial charge in [0.1, 0.15) is 0 Å². The summed E-state index contributed by atoms with van der Waals surface area (Å²) in [6.45, 7) is 4.43. The van der Waals surface area contributed by atoms with Crippen molar-refractivity contribution in [3.63, 3.8) is 0 Å². The molecule has 0 saturated carbocycles. The van der Waals surface area contributed by atoms with Crippen LogP contribution in [0.3, 0.4) is 0 Å². The summed E-state index contributed by atoms with van der Waals surface area (Å²) in [6.07, 6.45) is 3.38. The molecule has 7 nitrogen and oxygen atoms in total. The Hall–Kier alpha value is -2.55. The largest absolute Gasteiger partial charge is 0.377 e. The number of piperidine rings is 1. The van der Waals surface area contributed by atoms with Crippen LogP contribution in [0.5, 0.6) is 0 Å². The summed E-state index contributed by atoms with van der Waals surface area (Å²) in [4.78, 5) is 4.81. The molecule has 0 atom stereocenters. The van der Waals surface area contributed by atoms with Crippen LogP contribution in [0.25, 0.3) is 11.4 Å². The molecule has 0 radical (unpaired) electrons. The Morgan fingerprint density at radius 2 is 1.65 bits per heavy atom. The van der Waals surface area contributed by atoms with Crippen LogP contribution in [0.15, 0.2) is 57.9 Å². The minimum Gasteiger partial charge on any atom is -0.377 e. The normalized spacial score (nSPS) is 15.3. The molecule has 1 saturated heterocycles. The second-order valence-electron chi connectivity index (χ2n) is 7.63. The van der Waals surface area contributed by atoms with E-state index in [4.69, 9.17) is 9.26 Å². The maximum Gasteiger partial charge on any atom is 0.243 e. The van der Waals surface area contributed by atoms with Crippen LogP contribution < -0.4 is 0 Å². The zero-order chi connectivity index (χ0) is 21.7. The minimum absolute atomic E-state index is 0.330. The van der Waals surface area contributed by atoms with Gasteiger partial charge in [0.2, 0.25) is 21.7 Å². The zero-order valence-electron chi connectivity index (χ0n) is 17.7. The van der Waals surface area contributed by atoms with Crippen LogP contribution in [0, 0.1) is 0 Å². The highest BCUT2D eigenvalue weighted by molar-refractivity contribution is 7.89. The van der Waals surface area contributed by atoms with Gasteiger partial charge in [-0.15, -0.1) is 0 Å². The van der Waals surface area contributed by atoms with Gasteiger partial charge in [-0.1, -0.05) is 48.0 Å². The first-order valence-electron chi connectivity index (χ1n) is 10.6. The summed E-state index contributed by atoms with van der Waals surface area (Å²) in [7, 11) is -3.42. The van der Waals surface area contributed by atoms with Gasteiger partial charge in [0.25, 0.3) is 0 Å². The van der Waals surface area contributed by atoms with Gasteiger partial charge in [0.15, 0.2) is 0 Å². The van der Waals surface area contributed by atoms with E-state index < -0.39 is 10.0 Å². The molecule has 1 aliphatic rings. The average Bonchev–Trinajstić information content (AvgIpc) is 3.27. The van der Waals surface area contributed by atoms with Crippen molar-refractivity contribution in [3.8, 4) is 11.4 Å². The van der Waals surface area contributed by atoms with Crippen LogP contribution in [0.1, 0.15) is 43.2 Å². The van der Waals surface area contributed by atoms with Crippen molar-refractivity contribution in [1.82, 2.24) is 14.4 Å². The predicted octanol–water partition coefficient (Wildman–Crippen LogP) is 4.04. The fourth-order valence-electron chi connectivity index (χ4n) is 3.62. The smallest absolute Gasteiger partial charge is 0.243 e. The molecule has 0 bridgehead atoms. The highest BCUT2D eigenvalue weighted by Crippen LogP contribution is 2.22. The van der Waals surface area contributed by atoms with E-state index in [0.29, 0.717) is 49.3 Å². The van der Waals surface area contributed by atoms with Gasteiger partial charge in [-0.25, -0.2) is 8.42 Å². The molecule has 0 spiro atoms. The molecule has 0 N–H and O–H groups in total. The first kappa shape index (κ1) is 21.7. The third kappa shape index (κ3) is 5.20. The van der Waals surface area contributed by atoms with E-state index in [1.165, 1.54) is 0 Å². The van der Waals surface area contributed by atoms with E-state index in [1.54, 1.807) is 16.4 Å². The molecule has 0 amide bonds. The van der Waals surface area contributed by atoms with Crippen molar-refractivity contribution in [3.05, 3.63) is 65.5 Å². The van der Waals surface area contributed by atoms with Gasteiger partial charge < -0.3 is 9.26 Å². The lowest BCUT2D eigenvalue weighted by Gasteiger charge is -2.25. The van der Waals surface area contributed by atoms with E-state index in [1.807, 2.05) is 43.3 Å². The molecule has 3 aromatic rings. The number of rotatable bonds is 8. The first-order chi connectivity index (χ1) is 15.1. The second-order valence-corrected chi connectivity index (χ2v) is 9.57. The van der Waals surface area contributed by atoms with Crippen molar-refractivity contribution in [2.24, 2.45) is 0 Å². The van der Waals surface area contributed by atoms with Crippen molar-refractivity contribution in [2.75, 3.05) is 19.7 Å². The van der Waals surface area contributed by atoms with E-state index >= 15 is 0 Å². The summed E-state index contributed by atoms with van der Waals surface area (Å²) < 4.78 is 37.9. The van der Waals surface area contributed by atoms with Gasteiger partial charge in [0, 0.05) is 25.3 Å². The Balaban J connectivity index is 1.41. The predicted molar refractivity (Wildman–Crippen MR) is 117 cm³/mol. The summed E-state index contributed by atoms with van der Waals surface area (Å²) >= 11 is 0. The monoisotopic (exact) mass is 441 g/mol. The Morgan fingerprint density at radius 1 is 0.968 bits per heavy atom. The molecule has 1 aromatic heterocycles. The van der Waals surface area contributed by atoms with Gasteiger partial charge in [0.05, 0.1) is 17.9 Å². The number of nitrogens with zero attached hydrogens (tertiary/aromatic N) is 3. The molecule has 1 aliphatic heterocycles. The first-order valence-corrected chi connectivity index (χ1v) is 12.1. The molecule has 8 heteroatoms. The summed E-state index contributed by atoms with van der Waals surface area (Å²) in [5, 5.41) is 4.07. The molecule has 31 heavy (non-hydrogen) atoms. The van der Waals surface area contributed by atoms with E-state index in [9.17, 15) is 8.42 Å². The van der Waals surface area contributed by atoms with Gasteiger partial charge in [-0.2, -0.15) is 9.29 Å². The fraction of sp³-hybridized carbons (Fsp3) is 0.391. The molecule has 0 unspecified atom stereocenters. The number of hydrogen-bond donors (Lipinski definition) is 0. The van der Waals surface area contributed by atoms with Crippen molar-refractivity contribution in [2.45, 2.75) is 44.1 Å². The van der Waals surface area contributed by atoms with Crippen LogP contribution in [-0.4, -0.2) is 42.6 Å². The van der Waals surface area contributed by atoms with Crippen LogP contribution in [0.2, 0.25) is 0 Å². The SMILES string of the molecule is CCOCc1ccc(-c2noc(Cc3ccc(S(=O)(=O)N4CCCCC4)cc3)n2)cc1. The van der Waals surface area contributed by atoms with E-state index in [0.717, 1.165) is 36.0 Å². The van der Waals surface area contributed by atoms with E-state index in [2.05, 4.69) is 10.1 Å². The van der Waals surface area contributed by atoms with E-state index in [-0.39, 0.29) is 0 Å². The standard InChI is InChI=1S/C23H27N3O4S/c1-2-29-17-19-6-10-20(11-7-19)23-24-22(30-25-23)16-18-8-12-21(13-9-18)31(27,28)26-14-4-3-5-15-26/h6-13H,2-5,14-17H2,1H3. The zero-order valence-corrected chi connectivity index (χ0v) is 18.5. The maximum absolute atomic E-state index is 12.8. The van der Waals surface area contributed by atoms with Crippen molar-refractivity contribution in [1.29, 1.82) is 0 Å². The highest BCUT2D eigenvalue weighted by atomic mass is 32.2. The van der Waals surface area contributed by atoms with Crippen LogP contribution >= 0.6 is 0 Å². The fourth-order valence-corrected chi connectivity index (χ4v) is 5.14. The molecule has 4 rings (SSSR count). The number of aromatic nitrogens is 2. The van der Waals surface area contributed by atoms with Crippen LogP contribution in [0.4, 0.5) is 0 Å². The molecular weight excluding hydrogens is 414 g/mol. The molecule has 2 heterocycles. The Labute approximate surface area is 183 Å². The Kier molecular flexibility index (Phi) is 6.80. The minimum atomic E-state index is -3.42. The molecule has 164 valence electrons. The van der Waals surface area contributed by atoms with Gasteiger partial charge in [-0.3, -0.25) is 0 Å². The number of sulfonamides is 1. The third-order valence-corrected chi connectivity index (χ3v) is 7.30. The molecule has 0 aliphatic carbocycles. The third-order valence-electron chi connectivity index (χ3n) is 5.38. The number of hydrogen-bond acceptors (Lipinski definition) is 6. The summed E-state index contributed by atoms with van der Waals surface area (Å²) in [6, 6.07) is 14.8.